The molecule has 0 aliphatic heterocycles. The molecule has 0 aliphatic rings. The number of pyridine rings is 1. The van der Waals surface area contributed by atoms with Gasteiger partial charge in [0.2, 0.25) is 0 Å². The first-order valence-electron chi connectivity index (χ1n) is 5.65. The molecule has 0 saturated carbocycles. The molecule has 1 N–H and O–H groups in total. The molecule has 0 aliphatic carbocycles. The van der Waals surface area contributed by atoms with E-state index in [4.69, 9.17) is 23.2 Å². The van der Waals surface area contributed by atoms with Crippen LogP contribution in [0.1, 0.15) is 30.4 Å². The molecule has 2 heterocycles. The largest absolute Gasteiger partial charge is 0.318 e. The van der Waals surface area contributed by atoms with Gasteiger partial charge < -0.3 is 5.32 Å². The van der Waals surface area contributed by atoms with E-state index in [-0.39, 0.29) is 21.9 Å². The van der Waals surface area contributed by atoms with Crippen molar-refractivity contribution in [3.05, 3.63) is 40.4 Å². The van der Waals surface area contributed by atoms with Crippen LogP contribution in [-0.2, 0) is 0 Å². The zero-order valence-electron chi connectivity index (χ0n) is 10.4. The summed E-state index contributed by atoms with van der Waals surface area (Å²) in [5, 5.41) is 7.26. The minimum atomic E-state index is -0.421. The topological polar surface area (TPSA) is 59.8 Å². The van der Waals surface area contributed by atoms with Crippen LogP contribution in [0.3, 0.4) is 0 Å². The molecule has 0 atom stereocenters. The fraction of sp³-hybridized carbons (Fsp3) is 0.250. The lowest BCUT2D eigenvalue weighted by atomic mass is 10.3. The smallest absolute Gasteiger partial charge is 0.275 e. The van der Waals surface area contributed by atoms with Gasteiger partial charge in [-0.2, -0.15) is 5.10 Å². The number of hydrogen-bond acceptors (Lipinski definition) is 3. The Hall–Kier alpha value is -1.59. The molecule has 19 heavy (non-hydrogen) atoms. The number of rotatable bonds is 3. The highest BCUT2D eigenvalue weighted by Crippen LogP contribution is 2.18. The zero-order valence-corrected chi connectivity index (χ0v) is 11.9. The van der Waals surface area contributed by atoms with Crippen LogP contribution in [0.4, 0.5) is 5.69 Å². The molecule has 0 radical (unpaired) electrons. The second kappa shape index (κ2) is 5.59. The van der Waals surface area contributed by atoms with E-state index < -0.39 is 5.91 Å². The average molecular weight is 299 g/mol. The van der Waals surface area contributed by atoms with E-state index in [1.54, 1.807) is 17.1 Å². The molecule has 2 rings (SSSR count). The molecule has 0 unspecified atom stereocenters. The molecule has 7 heteroatoms. The highest BCUT2D eigenvalue weighted by molar-refractivity contribution is 6.35. The maximum Gasteiger partial charge on any atom is 0.275 e. The predicted octanol–water partition coefficient (Wildman–Crippen LogP) is 3.42. The number of carbonyl (C=O) groups excluding carboxylic acids is 1. The van der Waals surface area contributed by atoms with Gasteiger partial charge in [0.05, 0.1) is 16.9 Å². The van der Waals surface area contributed by atoms with Crippen molar-refractivity contribution in [1.82, 2.24) is 14.8 Å². The van der Waals surface area contributed by atoms with E-state index in [0.717, 1.165) is 0 Å². The summed E-state index contributed by atoms with van der Waals surface area (Å²) in [6.45, 7) is 3.99. The summed E-state index contributed by atoms with van der Waals surface area (Å²) in [6, 6.07) is 3.28. The molecule has 100 valence electrons. The van der Waals surface area contributed by atoms with E-state index in [1.807, 2.05) is 13.8 Å². The minimum Gasteiger partial charge on any atom is -0.318 e. The zero-order chi connectivity index (χ0) is 14.0. The van der Waals surface area contributed by atoms with Crippen LogP contribution < -0.4 is 5.32 Å². The minimum absolute atomic E-state index is 0.0893. The van der Waals surface area contributed by atoms with Crippen LogP contribution in [0.15, 0.2) is 24.5 Å². The molecule has 2 aromatic rings. The first-order chi connectivity index (χ1) is 8.97. The molecule has 0 spiro atoms. The fourth-order valence-corrected chi connectivity index (χ4v) is 1.79. The molecular weight excluding hydrogens is 287 g/mol. The van der Waals surface area contributed by atoms with Crippen LogP contribution in [-0.4, -0.2) is 20.7 Å². The molecule has 0 bridgehead atoms. The number of carbonyl (C=O) groups is 1. The Balaban J connectivity index is 2.18. The number of anilines is 1. The Morgan fingerprint density at radius 3 is 2.74 bits per heavy atom. The van der Waals surface area contributed by atoms with Crippen molar-refractivity contribution in [2.45, 2.75) is 19.9 Å². The number of hydrogen-bond donors (Lipinski definition) is 1. The molecule has 1 amide bonds. The highest BCUT2D eigenvalue weighted by atomic mass is 35.5. The normalized spacial score (nSPS) is 10.8. The van der Waals surface area contributed by atoms with Crippen molar-refractivity contribution < 1.29 is 4.79 Å². The summed E-state index contributed by atoms with van der Waals surface area (Å²) >= 11 is 11.7. The Bertz CT molecular complexity index is 610. The van der Waals surface area contributed by atoms with E-state index in [2.05, 4.69) is 15.4 Å². The molecule has 0 fully saturated rings. The van der Waals surface area contributed by atoms with Crippen LogP contribution in [0, 0.1) is 0 Å². The first kappa shape index (κ1) is 13.8. The van der Waals surface area contributed by atoms with Crippen molar-refractivity contribution in [1.29, 1.82) is 0 Å². The summed E-state index contributed by atoms with van der Waals surface area (Å²) < 4.78 is 1.74. The SMILES string of the molecule is CC(C)n1cc(NC(=O)c2nc(Cl)ccc2Cl)cn1. The van der Waals surface area contributed by atoms with Gasteiger partial charge in [-0.05, 0) is 26.0 Å². The lowest BCUT2D eigenvalue weighted by Crippen LogP contribution is -2.14. The lowest BCUT2D eigenvalue weighted by molar-refractivity contribution is 0.102. The molecular formula is C12H12Cl2N4O. The van der Waals surface area contributed by atoms with Crippen molar-refractivity contribution in [3.63, 3.8) is 0 Å². The van der Waals surface area contributed by atoms with Gasteiger partial charge in [0.25, 0.3) is 5.91 Å². The first-order valence-corrected chi connectivity index (χ1v) is 6.40. The van der Waals surface area contributed by atoms with E-state index in [9.17, 15) is 4.79 Å². The van der Waals surface area contributed by atoms with Crippen molar-refractivity contribution in [2.24, 2.45) is 0 Å². The second-order valence-electron chi connectivity index (χ2n) is 4.22. The summed E-state index contributed by atoms with van der Waals surface area (Å²) in [5.74, 6) is -0.421. The maximum absolute atomic E-state index is 12.0. The standard InChI is InChI=1S/C12H12Cl2N4O/c1-7(2)18-6-8(5-15-18)16-12(19)11-9(13)3-4-10(14)17-11/h3-7H,1-2H3,(H,16,19). The number of aromatic nitrogens is 3. The van der Waals surface area contributed by atoms with E-state index in [1.165, 1.54) is 12.1 Å². The molecule has 5 nitrogen and oxygen atoms in total. The van der Waals surface area contributed by atoms with Gasteiger partial charge in [0.1, 0.15) is 10.8 Å². The number of halogens is 2. The Morgan fingerprint density at radius 1 is 1.37 bits per heavy atom. The van der Waals surface area contributed by atoms with Gasteiger partial charge >= 0.3 is 0 Å². The van der Waals surface area contributed by atoms with E-state index >= 15 is 0 Å². The molecule has 0 saturated heterocycles. The van der Waals surface area contributed by atoms with Crippen LogP contribution in [0.2, 0.25) is 10.2 Å². The Morgan fingerprint density at radius 2 is 2.11 bits per heavy atom. The monoisotopic (exact) mass is 298 g/mol. The Labute approximate surface area is 120 Å². The summed E-state index contributed by atoms with van der Waals surface area (Å²) in [6.07, 6.45) is 3.30. The fourth-order valence-electron chi connectivity index (χ4n) is 1.45. The van der Waals surface area contributed by atoms with Crippen molar-refractivity contribution >= 4 is 34.8 Å². The van der Waals surface area contributed by atoms with Gasteiger partial charge in [0, 0.05) is 12.2 Å². The third-order valence-corrected chi connectivity index (χ3v) is 2.93. The third kappa shape index (κ3) is 3.24. The molecule has 2 aromatic heterocycles. The maximum atomic E-state index is 12.0. The average Bonchev–Trinajstić information content (AvgIpc) is 2.80. The predicted molar refractivity (Wildman–Crippen MR) is 74.8 cm³/mol. The Kier molecular flexibility index (Phi) is 4.07. The number of nitrogens with one attached hydrogen (secondary N) is 1. The molecule has 0 aromatic carbocycles. The van der Waals surface area contributed by atoms with Crippen LogP contribution >= 0.6 is 23.2 Å². The van der Waals surface area contributed by atoms with Crippen molar-refractivity contribution in [2.75, 3.05) is 5.32 Å². The second-order valence-corrected chi connectivity index (χ2v) is 5.02. The third-order valence-electron chi connectivity index (χ3n) is 2.42. The number of nitrogens with zero attached hydrogens (tertiary/aromatic N) is 3. The van der Waals surface area contributed by atoms with Gasteiger partial charge in [-0.15, -0.1) is 0 Å². The lowest BCUT2D eigenvalue weighted by Gasteiger charge is -2.05. The van der Waals surface area contributed by atoms with Crippen molar-refractivity contribution in [3.8, 4) is 0 Å². The van der Waals surface area contributed by atoms with Crippen LogP contribution in [0.5, 0.6) is 0 Å². The van der Waals surface area contributed by atoms with Gasteiger partial charge in [0.15, 0.2) is 0 Å². The van der Waals surface area contributed by atoms with Gasteiger partial charge in [-0.1, -0.05) is 23.2 Å². The summed E-state index contributed by atoms with van der Waals surface area (Å²) in [7, 11) is 0. The quantitative estimate of drug-likeness (QED) is 0.883. The van der Waals surface area contributed by atoms with Crippen LogP contribution in [0.25, 0.3) is 0 Å². The van der Waals surface area contributed by atoms with E-state index in [0.29, 0.717) is 5.69 Å². The van der Waals surface area contributed by atoms with Gasteiger partial charge in [-0.25, -0.2) is 4.98 Å². The number of amides is 1. The summed E-state index contributed by atoms with van der Waals surface area (Å²) in [5.41, 5.74) is 0.669. The summed E-state index contributed by atoms with van der Waals surface area (Å²) in [4.78, 5) is 15.9. The van der Waals surface area contributed by atoms with Gasteiger partial charge in [-0.3, -0.25) is 9.48 Å². The highest BCUT2D eigenvalue weighted by Gasteiger charge is 2.14.